The number of amides is 2. The molecule has 0 heterocycles. The van der Waals surface area contributed by atoms with Crippen molar-refractivity contribution in [3.05, 3.63) is 71.3 Å². The van der Waals surface area contributed by atoms with Gasteiger partial charge in [0.25, 0.3) is 0 Å². The molecule has 0 bridgehead atoms. The maximum Gasteiger partial charge on any atom is 0.242 e. The minimum Gasteiger partial charge on any atom is -0.350 e. The van der Waals surface area contributed by atoms with Gasteiger partial charge in [0, 0.05) is 17.8 Å². The van der Waals surface area contributed by atoms with Gasteiger partial charge in [-0.15, -0.1) is 11.8 Å². The predicted octanol–water partition coefficient (Wildman–Crippen LogP) is 4.56. The van der Waals surface area contributed by atoms with Crippen molar-refractivity contribution < 1.29 is 9.59 Å². The Kier molecular flexibility index (Phi) is 8.32. The average Bonchev–Trinajstić information content (AvgIpc) is 2.66. The van der Waals surface area contributed by atoms with Crippen molar-refractivity contribution in [2.24, 2.45) is 0 Å². The third-order valence-corrected chi connectivity index (χ3v) is 5.57. The van der Waals surface area contributed by atoms with E-state index in [4.69, 9.17) is 0 Å². The number of carbonyl (C=O) groups is 2. The van der Waals surface area contributed by atoms with E-state index in [1.54, 1.807) is 23.6 Å². The quantitative estimate of drug-likeness (QED) is 0.691. The fraction of sp³-hybridized carbons (Fsp3) is 0.417. The van der Waals surface area contributed by atoms with Crippen LogP contribution in [0.2, 0.25) is 0 Å². The first kappa shape index (κ1) is 23.0. The van der Waals surface area contributed by atoms with E-state index < -0.39 is 6.04 Å². The highest BCUT2D eigenvalue weighted by Gasteiger charge is 2.28. The van der Waals surface area contributed by atoms with Crippen molar-refractivity contribution in [1.82, 2.24) is 10.2 Å². The van der Waals surface area contributed by atoms with Crippen LogP contribution >= 0.6 is 11.8 Å². The first-order valence-corrected chi connectivity index (χ1v) is 11.1. The van der Waals surface area contributed by atoms with Gasteiger partial charge in [-0.25, -0.2) is 0 Å². The monoisotopic (exact) mass is 412 g/mol. The summed E-state index contributed by atoms with van der Waals surface area (Å²) in [4.78, 5) is 27.5. The van der Waals surface area contributed by atoms with Crippen molar-refractivity contribution in [1.29, 1.82) is 0 Å². The number of thioether (sulfide) groups is 1. The summed E-state index contributed by atoms with van der Waals surface area (Å²) in [6, 6.07) is 17.5. The van der Waals surface area contributed by atoms with E-state index in [0.29, 0.717) is 12.3 Å². The SMILES string of the molecule is Cc1ccccc1CSCC(=O)N(Cc1ccccc1)[C@@H](C)C(=O)NC(C)(C)C. The maximum absolute atomic E-state index is 13.1. The lowest BCUT2D eigenvalue weighted by molar-refractivity contribution is -0.139. The largest absolute Gasteiger partial charge is 0.350 e. The molecule has 29 heavy (non-hydrogen) atoms. The molecule has 0 aromatic heterocycles. The van der Waals surface area contributed by atoms with Gasteiger partial charge < -0.3 is 10.2 Å². The molecular weight excluding hydrogens is 380 g/mol. The molecule has 2 aromatic rings. The van der Waals surface area contributed by atoms with Crippen LogP contribution in [0.1, 0.15) is 44.4 Å². The van der Waals surface area contributed by atoms with Gasteiger partial charge in [-0.2, -0.15) is 0 Å². The Morgan fingerprint density at radius 1 is 1.03 bits per heavy atom. The van der Waals surface area contributed by atoms with Crippen molar-refractivity contribution in [2.45, 2.75) is 58.5 Å². The van der Waals surface area contributed by atoms with Crippen molar-refractivity contribution in [3.8, 4) is 0 Å². The predicted molar refractivity (Wildman–Crippen MR) is 122 cm³/mol. The Morgan fingerprint density at radius 2 is 1.66 bits per heavy atom. The van der Waals surface area contributed by atoms with Crippen LogP contribution in [0.15, 0.2) is 54.6 Å². The number of benzene rings is 2. The van der Waals surface area contributed by atoms with Crippen LogP contribution in [-0.2, 0) is 21.9 Å². The lowest BCUT2D eigenvalue weighted by Crippen LogP contribution is -2.52. The summed E-state index contributed by atoms with van der Waals surface area (Å²) in [6.07, 6.45) is 0. The molecule has 5 heteroatoms. The van der Waals surface area contributed by atoms with Crippen LogP contribution in [0.5, 0.6) is 0 Å². The molecule has 0 unspecified atom stereocenters. The summed E-state index contributed by atoms with van der Waals surface area (Å²) in [5, 5.41) is 2.99. The summed E-state index contributed by atoms with van der Waals surface area (Å²) < 4.78 is 0. The molecule has 2 aromatic carbocycles. The van der Waals surface area contributed by atoms with Gasteiger partial charge in [0.1, 0.15) is 6.04 Å². The Bertz CT molecular complexity index is 815. The van der Waals surface area contributed by atoms with E-state index in [0.717, 1.165) is 11.3 Å². The second kappa shape index (κ2) is 10.5. The van der Waals surface area contributed by atoms with Gasteiger partial charge in [-0.05, 0) is 51.3 Å². The van der Waals surface area contributed by atoms with E-state index in [1.807, 2.05) is 63.2 Å². The smallest absolute Gasteiger partial charge is 0.242 e. The van der Waals surface area contributed by atoms with Gasteiger partial charge in [0.05, 0.1) is 5.75 Å². The fourth-order valence-corrected chi connectivity index (χ4v) is 3.93. The molecule has 0 aliphatic heterocycles. The number of nitrogens with one attached hydrogen (secondary N) is 1. The number of hydrogen-bond donors (Lipinski definition) is 1. The first-order valence-electron chi connectivity index (χ1n) is 9.95. The average molecular weight is 413 g/mol. The van der Waals surface area contributed by atoms with E-state index >= 15 is 0 Å². The highest BCUT2D eigenvalue weighted by Crippen LogP contribution is 2.18. The Labute approximate surface area is 179 Å². The summed E-state index contributed by atoms with van der Waals surface area (Å²) in [7, 11) is 0. The molecule has 0 fully saturated rings. The van der Waals surface area contributed by atoms with Crippen LogP contribution in [0.3, 0.4) is 0 Å². The highest BCUT2D eigenvalue weighted by molar-refractivity contribution is 7.99. The molecular formula is C24H32N2O2S. The summed E-state index contributed by atoms with van der Waals surface area (Å²) in [5.41, 5.74) is 3.14. The van der Waals surface area contributed by atoms with E-state index in [9.17, 15) is 9.59 Å². The van der Waals surface area contributed by atoms with Crippen molar-refractivity contribution in [3.63, 3.8) is 0 Å². The molecule has 1 atom stereocenters. The summed E-state index contributed by atoms with van der Waals surface area (Å²) >= 11 is 1.59. The molecule has 0 aliphatic carbocycles. The Morgan fingerprint density at radius 3 is 2.28 bits per heavy atom. The standard InChI is InChI=1S/C24H32N2O2S/c1-18-11-9-10-14-21(18)16-29-17-22(27)26(15-20-12-7-6-8-13-20)19(2)23(28)25-24(3,4)5/h6-14,19H,15-17H2,1-5H3,(H,25,28)/t19-/m0/s1. The normalized spacial score (nSPS) is 12.3. The van der Waals surface area contributed by atoms with Gasteiger partial charge in [0.2, 0.25) is 11.8 Å². The van der Waals surface area contributed by atoms with E-state index in [2.05, 4.69) is 24.4 Å². The minimum absolute atomic E-state index is 0.0241. The van der Waals surface area contributed by atoms with Crippen molar-refractivity contribution >= 4 is 23.6 Å². The lowest BCUT2D eigenvalue weighted by Gasteiger charge is -2.31. The number of hydrogen-bond acceptors (Lipinski definition) is 3. The molecule has 0 radical (unpaired) electrons. The summed E-state index contributed by atoms with van der Waals surface area (Å²) in [6.45, 7) is 10.1. The zero-order chi connectivity index (χ0) is 21.4. The molecule has 2 rings (SSSR count). The second-order valence-corrected chi connectivity index (χ2v) is 9.33. The van der Waals surface area contributed by atoms with Gasteiger partial charge >= 0.3 is 0 Å². The third-order valence-electron chi connectivity index (χ3n) is 4.61. The molecule has 0 spiro atoms. The summed E-state index contributed by atoms with van der Waals surface area (Å²) in [5.74, 6) is 0.962. The zero-order valence-corrected chi connectivity index (χ0v) is 18.9. The van der Waals surface area contributed by atoms with Gasteiger partial charge in [-0.1, -0.05) is 54.6 Å². The number of rotatable bonds is 8. The molecule has 2 amide bonds. The number of aryl methyl sites for hydroxylation is 1. The zero-order valence-electron chi connectivity index (χ0n) is 18.1. The molecule has 156 valence electrons. The number of carbonyl (C=O) groups excluding carboxylic acids is 2. The van der Waals surface area contributed by atoms with Gasteiger partial charge in [0.15, 0.2) is 0 Å². The Balaban J connectivity index is 2.07. The van der Waals surface area contributed by atoms with Crippen LogP contribution in [0.4, 0.5) is 0 Å². The molecule has 0 saturated heterocycles. The minimum atomic E-state index is -0.541. The van der Waals surface area contributed by atoms with Gasteiger partial charge in [-0.3, -0.25) is 9.59 Å². The van der Waals surface area contributed by atoms with Crippen LogP contribution in [0, 0.1) is 6.92 Å². The molecule has 1 N–H and O–H groups in total. The molecule has 0 aliphatic rings. The fourth-order valence-electron chi connectivity index (χ4n) is 2.94. The van der Waals surface area contributed by atoms with Crippen molar-refractivity contribution in [2.75, 3.05) is 5.75 Å². The Hall–Kier alpha value is -2.27. The van der Waals surface area contributed by atoms with Crippen LogP contribution in [0.25, 0.3) is 0 Å². The second-order valence-electron chi connectivity index (χ2n) is 8.34. The topological polar surface area (TPSA) is 49.4 Å². The maximum atomic E-state index is 13.1. The van der Waals surface area contributed by atoms with Crippen LogP contribution < -0.4 is 5.32 Å². The van der Waals surface area contributed by atoms with E-state index in [-0.39, 0.29) is 17.4 Å². The third kappa shape index (κ3) is 7.58. The first-order chi connectivity index (χ1) is 13.7. The van der Waals surface area contributed by atoms with Crippen LogP contribution in [-0.4, -0.2) is 34.0 Å². The van der Waals surface area contributed by atoms with E-state index in [1.165, 1.54) is 11.1 Å². The lowest BCUT2D eigenvalue weighted by atomic mass is 10.1. The highest BCUT2D eigenvalue weighted by atomic mass is 32.2. The molecule has 4 nitrogen and oxygen atoms in total. The molecule has 0 saturated carbocycles. The number of nitrogens with zero attached hydrogens (tertiary/aromatic N) is 1.